The van der Waals surface area contributed by atoms with E-state index in [-0.39, 0.29) is 18.5 Å². The van der Waals surface area contributed by atoms with Crippen molar-refractivity contribution in [3.63, 3.8) is 0 Å². The van der Waals surface area contributed by atoms with Gasteiger partial charge in [0.1, 0.15) is 0 Å². The first kappa shape index (κ1) is 15.2. The van der Waals surface area contributed by atoms with E-state index < -0.39 is 11.5 Å². The van der Waals surface area contributed by atoms with Gasteiger partial charge in [-0.3, -0.25) is 0 Å². The van der Waals surface area contributed by atoms with Crippen molar-refractivity contribution in [2.45, 2.75) is 47.6 Å². The maximum absolute atomic E-state index is 11.4. The summed E-state index contributed by atoms with van der Waals surface area (Å²) in [6.45, 7) is 11.4. The number of carbonyl (C=O) groups is 1. The Balaban J connectivity index is 4.35. The molecule has 0 bridgehead atoms. The molecule has 0 spiro atoms. The minimum absolute atomic E-state index is 0.150. The highest BCUT2D eigenvalue weighted by atomic mass is 16.5. The lowest BCUT2D eigenvalue weighted by molar-refractivity contribution is -0.145. The highest BCUT2D eigenvalue weighted by Gasteiger charge is 2.31. The lowest BCUT2D eigenvalue weighted by Gasteiger charge is -2.32. The summed E-state index contributed by atoms with van der Waals surface area (Å²) >= 11 is 0. The number of aliphatic hydroxyl groups excluding tert-OH is 1. The van der Waals surface area contributed by atoms with Crippen LogP contribution in [0.4, 0.5) is 0 Å². The Bertz CT molecular complexity index is 264. The molecule has 0 saturated heterocycles. The zero-order valence-corrected chi connectivity index (χ0v) is 11.2. The van der Waals surface area contributed by atoms with Gasteiger partial charge < -0.3 is 9.84 Å². The minimum atomic E-state index is -0.480. The molecule has 0 aromatic rings. The Labute approximate surface area is 98.5 Å². The van der Waals surface area contributed by atoms with Crippen LogP contribution in [-0.2, 0) is 9.53 Å². The molecule has 0 radical (unpaired) electrons. The third-order valence-corrected chi connectivity index (χ3v) is 2.76. The molecule has 3 heteroatoms. The van der Waals surface area contributed by atoms with E-state index in [4.69, 9.17) is 4.74 Å². The molecule has 0 aromatic heterocycles. The van der Waals surface area contributed by atoms with Crippen molar-refractivity contribution in [3.05, 3.63) is 11.6 Å². The molecule has 0 aliphatic carbocycles. The zero-order valence-electron chi connectivity index (χ0n) is 11.2. The Morgan fingerprint density at radius 3 is 2.31 bits per heavy atom. The van der Waals surface area contributed by atoms with Gasteiger partial charge in [0.25, 0.3) is 0 Å². The largest absolute Gasteiger partial charge is 0.462 e. The van der Waals surface area contributed by atoms with E-state index in [0.717, 1.165) is 0 Å². The molecule has 0 heterocycles. The lowest BCUT2D eigenvalue weighted by atomic mass is 9.81. The molecule has 0 rings (SSSR count). The maximum Gasteiger partial charge on any atom is 0.333 e. The number of allylic oxidation sites excluding steroid dienone is 1. The Morgan fingerprint density at radius 2 is 1.94 bits per heavy atom. The summed E-state index contributed by atoms with van der Waals surface area (Å²) in [4.78, 5) is 11.4. The van der Waals surface area contributed by atoms with E-state index in [9.17, 15) is 9.90 Å². The zero-order chi connectivity index (χ0) is 12.9. The van der Waals surface area contributed by atoms with Crippen LogP contribution in [0.3, 0.4) is 0 Å². The van der Waals surface area contributed by atoms with Gasteiger partial charge in [-0.15, -0.1) is 0 Å². The highest BCUT2D eigenvalue weighted by molar-refractivity contribution is 5.87. The monoisotopic (exact) mass is 228 g/mol. The molecule has 1 unspecified atom stereocenters. The molecular weight excluding hydrogens is 204 g/mol. The molecule has 94 valence electrons. The number of carbonyl (C=O) groups excluding carboxylic acids is 1. The number of aliphatic hydroxyl groups is 1. The van der Waals surface area contributed by atoms with Gasteiger partial charge in [-0.25, -0.2) is 4.79 Å². The van der Waals surface area contributed by atoms with Crippen LogP contribution in [0, 0.1) is 11.3 Å². The fraction of sp³-hybridized carbons (Fsp3) is 0.769. The SMILES string of the molecule is CC=C(C)C(=O)OCC(C)(C)C(O)C(C)C. The van der Waals surface area contributed by atoms with Gasteiger partial charge >= 0.3 is 5.97 Å². The Kier molecular flexibility index (Phi) is 5.73. The van der Waals surface area contributed by atoms with E-state index in [1.165, 1.54) is 0 Å². The third-order valence-electron chi connectivity index (χ3n) is 2.76. The van der Waals surface area contributed by atoms with Crippen molar-refractivity contribution in [1.82, 2.24) is 0 Å². The maximum atomic E-state index is 11.4. The van der Waals surface area contributed by atoms with Gasteiger partial charge in [-0.05, 0) is 19.8 Å². The molecule has 0 saturated carbocycles. The Hall–Kier alpha value is -0.830. The van der Waals surface area contributed by atoms with Crippen LogP contribution in [-0.4, -0.2) is 23.8 Å². The van der Waals surface area contributed by atoms with Crippen molar-refractivity contribution in [2.24, 2.45) is 11.3 Å². The molecule has 0 aliphatic rings. The molecule has 0 aliphatic heterocycles. The predicted molar refractivity (Wildman–Crippen MR) is 65.0 cm³/mol. The summed E-state index contributed by atoms with van der Waals surface area (Å²) < 4.78 is 5.16. The highest BCUT2D eigenvalue weighted by Crippen LogP contribution is 2.26. The van der Waals surface area contributed by atoms with Crippen molar-refractivity contribution in [2.75, 3.05) is 6.61 Å². The van der Waals surface area contributed by atoms with Crippen LogP contribution >= 0.6 is 0 Å². The molecule has 3 nitrogen and oxygen atoms in total. The normalized spacial score (nSPS) is 15.1. The number of hydrogen-bond acceptors (Lipinski definition) is 3. The Morgan fingerprint density at radius 1 is 1.44 bits per heavy atom. The van der Waals surface area contributed by atoms with Gasteiger partial charge in [0.15, 0.2) is 0 Å². The third kappa shape index (κ3) is 4.35. The number of esters is 1. The second kappa shape index (κ2) is 6.04. The first-order valence-corrected chi connectivity index (χ1v) is 5.70. The van der Waals surface area contributed by atoms with Crippen LogP contribution in [0.25, 0.3) is 0 Å². The lowest BCUT2D eigenvalue weighted by Crippen LogP contribution is -2.38. The van der Waals surface area contributed by atoms with Crippen molar-refractivity contribution >= 4 is 5.97 Å². The second-order valence-corrected chi connectivity index (χ2v) is 5.23. The molecule has 0 fully saturated rings. The summed E-state index contributed by atoms with van der Waals surface area (Å²) in [6.07, 6.45) is 1.24. The van der Waals surface area contributed by atoms with E-state index in [1.54, 1.807) is 19.9 Å². The van der Waals surface area contributed by atoms with Crippen LogP contribution < -0.4 is 0 Å². The van der Waals surface area contributed by atoms with E-state index in [2.05, 4.69) is 0 Å². The van der Waals surface area contributed by atoms with Crippen LogP contribution in [0.5, 0.6) is 0 Å². The van der Waals surface area contributed by atoms with Crippen LogP contribution in [0.1, 0.15) is 41.5 Å². The van der Waals surface area contributed by atoms with Gasteiger partial charge in [-0.1, -0.05) is 33.8 Å². The predicted octanol–water partition coefficient (Wildman–Crippen LogP) is 2.54. The fourth-order valence-electron chi connectivity index (χ4n) is 1.47. The van der Waals surface area contributed by atoms with E-state index in [0.29, 0.717) is 5.57 Å². The van der Waals surface area contributed by atoms with E-state index >= 15 is 0 Å². The molecular formula is C13H24O3. The average Bonchev–Trinajstić information content (AvgIpc) is 2.23. The minimum Gasteiger partial charge on any atom is -0.462 e. The number of rotatable bonds is 5. The topological polar surface area (TPSA) is 46.5 Å². The van der Waals surface area contributed by atoms with Crippen molar-refractivity contribution in [3.8, 4) is 0 Å². The van der Waals surface area contributed by atoms with Crippen LogP contribution in [0.2, 0.25) is 0 Å². The second-order valence-electron chi connectivity index (χ2n) is 5.23. The first-order chi connectivity index (χ1) is 7.22. The molecule has 0 amide bonds. The number of hydrogen-bond donors (Lipinski definition) is 1. The van der Waals surface area contributed by atoms with Gasteiger partial charge in [0, 0.05) is 11.0 Å². The molecule has 16 heavy (non-hydrogen) atoms. The fourth-order valence-corrected chi connectivity index (χ4v) is 1.47. The smallest absolute Gasteiger partial charge is 0.333 e. The van der Waals surface area contributed by atoms with Gasteiger partial charge in [0.2, 0.25) is 0 Å². The van der Waals surface area contributed by atoms with Crippen molar-refractivity contribution in [1.29, 1.82) is 0 Å². The molecule has 1 atom stereocenters. The summed E-state index contributed by atoms with van der Waals surface area (Å²) in [5.74, 6) is -0.164. The average molecular weight is 228 g/mol. The van der Waals surface area contributed by atoms with Crippen LogP contribution in [0.15, 0.2) is 11.6 Å². The summed E-state index contributed by atoms with van der Waals surface area (Å²) in [5, 5.41) is 9.96. The quantitative estimate of drug-likeness (QED) is 0.581. The standard InChI is InChI=1S/C13H24O3/c1-7-10(4)12(15)16-8-13(5,6)11(14)9(2)3/h7,9,11,14H,8H2,1-6H3. The summed E-state index contributed by atoms with van der Waals surface area (Å²) in [5.41, 5.74) is 0.174. The van der Waals surface area contributed by atoms with Gasteiger partial charge in [0.05, 0.1) is 12.7 Å². The molecule has 0 aromatic carbocycles. The van der Waals surface area contributed by atoms with Crippen molar-refractivity contribution < 1.29 is 14.6 Å². The first-order valence-electron chi connectivity index (χ1n) is 5.70. The van der Waals surface area contributed by atoms with E-state index in [1.807, 2.05) is 27.7 Å². The molecule has 1 N–H and O–H groups in total. The summed E-state index contributed by atoms with van der Waals surface area (Å²) in [6, 6.07) is 0. The van der Waals surface area contributed by atoms with Gasteiger partial charge in [-0.2, -0.15) is 0 Å². The number of ether oxygens (including phenoxy) is 1. The summed E-state index contributed by atoms with van der Waals surface area (Å²) in [7, 11) is 0.